The van der Waals surface area contributed by atoms with Crippen molar-refractivity contribution in [2.45, 2.75) is 11.4 Å². The van der Waals surface area contributed by atoms with Gasteiger partial charge in [0.05, 0.1) is 21.2 Å². The summed E-state index contributed by atoms with van der Waals surface area (Å²) in [5.74, 6) is -1.10. The fraction of sp³-hybridized carbons (Fsp3) is 0.231. The average Bonchev–Trinajstić information content (AvgIpc) is 2.97. The number of rotatable bonds is 3. The molecule has 4 N–H and O–H groups in total. The lowest BCUT2D eigenvalue weighted by atomic mass is 10.1. The second-order valence-electron chi connectivity index (χ2n) is 5.04. The van der Waals surface area contributed by atoms with Crippen LogP contribution >= 0.6 is 23.4 Å². The molecule has 1 saturated heterocycles. The summed E-state index contributed by atoms with van der Waals surface area (Å²) in [7, 11) is 0. The van der Waals surface area contributed by atoms with Gasteiger partial charge in [0, 0.05) is 16.8 Å². The highest BCUT2D eigenvalue weighted by molar-refractivity contribution is 7.99. The molecule has 0 radical (unpaired) electrons. The van der Waals surface area contributed by atoms with E-state index in [0.29, 0.717) is 0 Å². The summed E-state index contributed by atoms with van der Waals surface area (Å²) in [5.41, 5.74) is 4.47. The van der Waals surface area contributed by atoms with Gasteiger partial charge >= 0.3 is 11.7 Å². The molecule has 1 aliphatic heterocycles. The zero-order valence-electron chi connectivity index (χ0n) is 11.8. The van der Waals surface area contributed by atoms with Crippen LogP contribution in [-0.2, 0) is 4.79 Å². The molecule has 0 spiro atoms. The predicted molar refractivity (Wildman–Crippen MR) is 88.3 cm³/mol. The summed E-state index contributed by atoms with van der Waals surface area (Å²) in [6.45, 7) is 0. The van der Waals surface area contributed by atoms with Crippen molar-refractivity contribution in [1.82, 2.24) is 5.32 Å². The van der Waals surface area contributed by atoms with Crippen molar-refractivity contribution >= 4 is 51.9 Å². The highest BCUT2D eigenvalue weighted by Gasteiger charge is 2.34. The molecule has 2 unspecified atom stereocenters. The Hall–Kier alpha value is -2.30. The maximum absolute atomic E-state index is 12.7. The number of nitro groups is 1. The number of hydrogen-bond donors (Lipinski definition) is 3. The first-order valence-corrected chi connectivity index (χ1v) is 8.03. The molecule has 0 amide bonds. The molecule has 2 atom stereocenters. The van der Waals surface area contributed by atoms with Crippen molar-refractivity contribution in [3.63, 3.8) is 0 Å². The number of aliphatic carboxylic acids is 1. The van der Waals surface area contributed by atoms with Gasteiger partial charge in [0.15, 0.2) is 0 Å². The predicted octanol–water partition coefficient (Wildman–Crippen LogP) is 1.72. The topological polar surface area (TPSA) is 149 Å². The third kappa shape index (κ3) is 2.68. The molecular formula is C13H10ClN3O6S. The summed E-state index contributed by atoms with van der Waals surface area (Å²) in [6, 6.07) is 1.49. The van der Waals surface area contributed by atoms with Crippen molar-refractivity contribution in [3.05, 3.63) is 43.1 Å². The van der Waals surface area contributed by atoms with E-state index < -0.39 is 33.4 Å². The van der Waals surface area contributed by atoms with Crippen molar-refractivity contribution in [2.75, 3.05) is 11.5 Å². The van der Waals surface area contributed by atoms with E-state index in [1.54, 1.807) is 0 Å². The highest BCUT2D eigenvalue weighted by atomic mass is 35.5. The molecule has 2 aromatic rings. The first-order chi connectivity index (χ1) is 11.3. The maximum Gasteiger partial charge on any atom is 0.321 e. The van der Waals surface area contributed by atoms with Gasteiger partial charge in [0.1, 0.15) is 6.04 Å². The number of nitrogen functional groups attached to an aromatic ring is 1. The molecule has 126 valence electrons. The lowest BCUT2D eigenvalue weighted by Crippen LogP contribution is -2.35. The molecule has 0 saturated carbocycles. The maximum atomic E-state index is 12.7. The molecule has 11 heteroatoms. The van der Waals surface area contributed by atoms with Crippen molar-refractivity contribution in [3.8, 4) is 0 Å². The second kappa shape index (κ2) is 5.96. The van der Waals surface area contributed by atoms with Crippen LogP contribution in [0.15, 0.2) is 21.3 Å². The van der Waals surface area contributed by atoms with Gasteiger partial charge in [-0.3, -0.25) is 25.0 Å². The Morgan fingerprint density at radius 2 is 2.25 bits per heavy atom. The van der Waals surface area contributed by atoms with Gasteiger partial charge in [0.25, 0.3) is 0 Å². The first kappa shape index (κ1) is 16.6. The zero-order chi connectivity index (χ0) is 17.6. The smallest absolute Gasteiger partial charge is 0.321 e. The number of anilines is 1. The van der Waals surface area contributed by atoms with Crippen LogP contribution in [0.1, 0.15) is 10.9 Å². The molecule has 1 aromatic heterocycles. The summed E-state index contributed by atoms with van der Waals surface area (Å²) >= 11 is 7.03. The van der Waals surface area contributed by atoms with Crippen LogP contribution in [0.2, 0.25) is 5.02 Å². The molecule has 9 nitrogen and oxygen atoms in total. The molecule has 0 aliphatic carbocycles. The van der Waals surface area contributed by atoms with E-state index in [1.165, 1.54) is 17.8 Å². The number of carboxylic acid groups (broad SMARTS) is 1. The fourth-order valence-corrected chi connectivity index (χ4v) is 3.93. The molecule has 0 bridgehead atoms. The summed E-state index contributed by atoms with van der Waals surface area (Å²) in [4.78, 5) is 34.1. The summed E-state index contributed by atoms with van der Waals surface area (Å²) < 4.78 is 5.31. The van der Waals surface area contributed by atoms with Crippen molar-refractivity contribution < 1.29 is 19.2 Å². The van der Waals surface area contributed by atoms with Crippen molar-refractivity contribution in [1.29, 1.82) is 0 Å². The molecule has 1 aliphatic rings. The Kier molecular flexibility index (Phi) is 4.11. The quantitative estimate of drug-likeness (QED) is 0.541. The Labute approximate surface area is 142 Å². The van der Waals surface area contributed by atoms with Gasteiger partial charge in [-0.15, -0.1) is 11.8 Å². The summed E-state index contributed by atoms with van der Waals surface area (Å²) in [6.07, 6.45) is 0. The van der Waals surface area contributed by atoms with Crippen LogP contribution in [0.4, 0.5) is 11.6 Å². The molecule has 2 heterocycles. The van der Waals surface area contributed by atoms with Crippen LogP contribution in [-0.4, -0.2) is 27.8 Å². The number of halogens is 1. The van der Waals surface area contributed by atoms with E-state index in [1.807, 2.05) is 0 Å². The number of fused-ring (bicyclic) bond motifs is 1. The summed E-state index contributed by atoms with van der Waals surface area (Å²) in [5, 5.41) is 22.1. The number of hydrogen-bond acceptors (Lipinski definition) is 8. The Morgan fingerprint density at radius 1 is 1.54 bits per heavy atom. The average molecular weight is 372 g/mol. The van der Waals surface area contributed by atoms with Crippen LogP contribution in [0, 0.1) is 10.1 Å². The van der Waals surface area contributed by atoms with E-state index in [0.717, 1.165) is 6.07 Å². The number of nitrogens with two attached hydrogens (primary N) is 1. The minimum atomic E-state index is -1.05. The number of non-ortho nitro benzene ring substituents is 1. The van der Waals surface area contributed by atoms with Gasteiger partial charge in [-0.1, -0.05) is 11.6 Å². The molecular weight excluding hydrogens is 362 g/mol. The number of carbonyl (C=O) groups is 1. The molecule has 3 rings (SSSR count). The van der Waals surface area contributed by atoms with E-state index in [4.69, 9.17) is 26.9 Å². The second-order valence-corrected chi connectivity index (χ2v) is 6.61. The first-order valence-electron chi connectivity index (χ1n) is 6.60. The number of nitro benzene ring substituents is 1. The minimum Gasteiger partial charge on any atom is -0.480 e. The number of thioether (sulfide) groups is 1. The SMILES string of the molecule is Nc1oc2c([N+](=O)[O-])cc(Cl)cc2c(=O)c1C1NC(C(=O)O)CS1. The largest absolute Gasteiger partial charge is 0.480 e. The van der Waals surface area contributed by atoms with Gasteiger partial charge in [-0.2, -0.15) is 0 Å². The van der Waals surface area contributed by atoms with Gasteiger partial charge in [-0.05, 0) is 6.07 Å². The minimum absolute atomic E-state index is 0.00710. The van der Waals surface area contributed by atoms with E-state index in [9.17, 15) is 19.7 Å². The van der Waals surface area contributed by atoms with Gasteiger partial charge in [0.2, 0.25) is 16.9 Å². The van der Waals surface area contributed by atoms with E-state index in [2.05, 4.69) is 5.32 Å². The zero-order valence-corrected chi connectivity index (χ0v) is 13.4. The van der Waals surface area contributed by atoms with Crippen molar-refractivity contribution in [2.24, 2.45) is 0 Å². The Morgan fingerprint density at radius 3 is 2.83 bits per heavy atom. The van der Waals surface area contributed by atoms with Crippen LogP contribution in [0.3, 0.4) is 0 Å². The van der Waals surface area contributed by atoms with Crippen LogP contribution < -0.4 is 16.5 Å². The van der Waals surface area contributed by atoms with Gasteiger partial charge in [-0.25, -0.2) is 0 Å². The normalized spacial score (nSPS) is 20.4. The highest BCUT2D eigenvalue weighted by Crippen LogP contribution is 2.37. The lowest BCUT2D eigenvalue weighted by Gasteiger charge is -2.13. The molecule has 1 fully saturated rings. The van der Waals surface area contributed by atoms with E-state index in [-0.39, 0.29) is 33.2 Å². The van der Waals surface area contributed by atoms with E-state index >= 15 is 0 Å². The van der Waals surface area contributed by atoms with Gasteiger partial charge < -0.3 is 15.3 Å². The number of nitrogens with zero attached hydrogens (tertiary/aromatic N) is 1. The molecule has 24 heavy (non-hydrogen) atoms. The Bertz CT molecular complexity index is 930. The number of nitrogens with one attached hydrogen (secondary N) is 1. The van der Waals surface area contributed by atoms with Crippen LogP contribution in [0.25, 0.3) is 11.0 Å². The standard InChI is InChI=1S/C13H10ClN3O6S/c14-4-1-5-9(18)8(12-16-6(3-24-12)13(19)20)11(15)23-10(5)7(2-4)17(21)22/h1-2,6,12,16H,3,15H2,(H,19,20). The third-order valence-corrected chi connectivity index (χ3v) is 4.99. The lowest BCUT2D eigenvalue weighted by molar-refractivity contribution is -0.383. The fourth-order valence-electron chi connectivity index (χ4n) is 2.44. The van der Waals surface area contributed by atoms with Crippen LogP contribution in [0.5, 0.6) is 0 Å². The molecule has 1 aromatic carbocycles. The monoisotopic (exact) mass is 371 g/mol. The number of carboxylic acids is 1. The number of benzene rings is 1. The third-order valence-electron chi connectivity index (χ3n) is 3.54. The Balaban J connectivity index is 2.20.